The Morgan fingerprint density at radius 1 is 1.24 bits per heavy atom. The largest absolute Gasteiger partial charge is 0.458 e. The smallest absolute Gasteiger partial charge is 0.407 e. The van der Waals surface area contributed by atoms with Gasteiger partial charge in [0.1, 0.15) is 35.6 Å². The van der Waals surface area contributed by atoms with E-state index in [0.717, 1.165) is 12.8 Å². The number of amides is 1. The molecule has 0 bridgehead atoms. The van der Waals surface area contributed by atoms with Crippen molar-refractivity contribution in [2.45, 2.75) is 94.5 Å². The molecule has 9 heteroatoms. The average Bonchev–Trinajstić information content (AvgIpc) is 3.70. The molecule has 4 aliphatic rings. The maximum Gasteiger partial charge on any atom is 0.407 e. The van der Waals surface area contributed by atoms with Crippen LogP contribution in [-0.4, -0.2) is 81.0 Å². The zero-order valence-electron chi connectivity index (χ0n) is 20.3. The highest BCUT2D eigenvalue weighted by molar-refractivity contribution is 5.76. The number of piperidine rings is 1. The van der Waals surface area contributed by atoms with Crippen LogP contribution in [0.1, 0.15) is 52.9 Å². The summed E-state index contributed by atoms with van der Waals surface area (Å²) in [6.07, 6.45) is 4.19. The first-order valence-electron chi connectivity index (χ1n) is 12.0. The molecule has 1 spiro atoms. The first kappa shape index (κ1) is 24.4. The van der Waals surface area contributed by atoms with Crippen LogP contribution in [0.15, 0.2) is 11.6 Å². The molecule has 1 aliphatic carbocycles. The van der Waals surface area contributed by atoms with E-state index in [9.17, 15) is 9.59 Å². The number of epoxide rings is 2. The lowest BCUT2D eigenvalue weighted by atomic mass is 9.68. The zero-order chi connectivity index (χ0) is 23.8. The average molecular weight is 467 g/mol. The van der Waals surface area contributed by atoms with Crippen molar-refractivity contribution in [3.05, 3.63) is 11.6 Å². The number of hydrogen-bond acceptors (Lipinski definition) is 8. The monoisotopic (exact) mass is 466 g/mol. The van der Waals surface area contributed by atoms with Gasteiger partial charge in [0.2, 0.25) is 0 Å². The summed E-state index contributed by atoms with van der Waals surface area (Å²) in [5.41, 5.74) is 0.639. The number of alkyl carbamates (subject to hydrolysis) is 1. The molecule has 1 saturated carbocycles. The molecule has 1 amide bonds. The minimum absolute atomic E-state index is 0.0132. The fraction of sp³-hybridized carbons (Fsp3) is 0.833. The molecule has 3 saturated heterocycles. The third-order valence-corrected chi connectivity index (χ3v) is 7.62. The van der Waals surface area contributed by atoms with Gasteiger partial charge in [-0.25, -0.2) is 4.79 Å². The molecule has 4 rings (SSSR count). The van der Waals surface area contributed by atoms with Crippen molar-refractivity contribution in [2.75, 3.05) is 27.3 Å². The van der Waals surface area contributed by atoms with Gasteiger partial charge in [0.15, 0.2) is 0 Å². The third kappa shape index (κ3) is 5.06. The molecule has 33 heavy (non-hydrogen) atoms. The van der Waals surface area contributed by atoms with Gasteiger partial charge < -0.3 is 34.3 Å². The van der Waals surface area contributed by atoms with E-state index in [4.69, 9.17) is 23.7 Å². The van der Waals surface area contributed by atoms with E-state index < -0.39 is 12.1 Å². The number of allylic oxidation sites excluding steroid dienone is 1. The highest BCUT2D eigenvalue weighted by Gasteiger charge is 2.72. The molecule has 3 aliphatic heterocycles. The molecule has 9 nitrogen and oxygen atoms in total. The molecule has 3 heterocycles. The number of ether oxygens (including phenoxy) is 5. The van der Waals surface area contributed by atoms with Gasteiger partial charge in [-0.15, -0.1) is 0 Å². The summed E-state index contributed by atoms with van der Waals surface area (Å²) >= 11 is 0. The number of hydrogen-bond donors (Lipinski definition) is 2. The van der Waals surface area contributed by atoms with Crippen molar-refractivity contribution in [2.24, 2.45) is 5.92 Å². The van der Waals surface area contributed by atoms with Crippen LogP contribution in [0.4, 0.5) is 4.79 Å². The number of nitrogens with one attached hydrogen (secondary N) is 2. The van der Waals surface area contributed by atoms with Crippen molar-refractivity contribution in [3.8, 4) is 0 Å². The number of methoxy groups -OCH3 is 1. The van der Waals surface area contributed by atoms with Gasteiger partial charge in [-0.2, -0.15) is 0 Å². The van der Waals surface area contributed by atoms with Gasteiger partial charge in [-0.05, 0) is 53.0 Å². The Morgan fingerprint density at radius 2 is 2.00 bits per heavy atom. The summed E-state index contributed by atoms with van der Waals surface area (Å²) in [6, 6.07) is -0.518. The summed E-state index contributed by atoms with van der Waals surface area (Å²) in [6.45, 7) is 7.57. The second kappa shape index (κ2) is 9.52. The Morgan fingerprint density at radius 3 is 2.64 bits per heavy atom. The number of carbonyl (C=O) groups is 2. The summed E-state index contributed by atoms with van der Waals surface area (Å²) < 4.78 is 29.5. The lowest BCUT2D eigenvalue weighted by molar-refractivity contribution is -0.175. The summed E-state index contributed by atoms with van der Waals surface area (Å²) in [4.78, 5) is 24.6. The number of rotatable bonds is 7. The molecule has 2 N–H and O–H groups in total. The van der Waals surface area contributed by atoms with E-state index in [1.807, 2.05) is 0 Å². The third-order valence-electron chi connectivity index (χ3n) is 7.62. The van der Waals surface area contributed by atoms with Gasteiger partial charge >= 0.3 is 12.1 Å². The fourth-order valence-corrected chi connectivity index (χ4v) is 5.68. The molecular weight excluding hydrogens is 428 g/mol. The quantitative estimate of drug-likeness (QED) is 0.333. The van der Waals surface area contributed by atoms with E-state index >= 15 is 0 Å². The molecule has 8 atom stereocenters. The highest BCUT2D eigenvalue weighted by atomic mass is 16.6. The molecular formula is C24H38N2O7. The first-order chi connectivity index (χ1) is 15.7. The van der Waals surface area contributed by atoms with Crippen molar-refractivity contribution in [3.63, 3.8) is 0 Å². The summed E-state index contributed by atoms with van der Waals surface area (Å²) in [7, 11) is 3.19. The first-order valence-corrected chi connectivity index (χ1v) is 12.0. The van der Waals surface area contributed by atoms with Crippen LogP contribution in [-0.2, 0) is 28.5 Å². The van der Waals surface area contributed by atoms with Crippen LogP contribution in [0.25, 0.3) is 0 Å². The Hall–Kier alpha value is -1.68. The maximum atomic E-state index is 13.1. The summed E-state index contributed by atoms with van der Waals surface area (Å²) in [5, 5.41) is 5.65. The van der Waals surface area contributed by atoms with E-state index in [0.29, 0.717) is 32.4 Å². The molecule has 4 fully saturated rings. The maximum absolute atomic E-state index is 13.1. The van der Waals surface area contributed by atoms with Crippen LogP contribution in [0.3, 0.4) is 0 Å². The molecule has 0 aromatic carbocycles. The molecule has 8 unspecified atom stereocenters. The predicted molar refractivity (Wildman–Crippen MR) is 120 cm³/mol. The Kier molecular flexibility index (Phi) is 7.05. The van der Waals surface area contributed by atoms with Gasteiger partial charge in [-0.1, -0.05) is 11.6 Å². The predicted octanol–water partition coefficient (Wildman–Crippen LogP) is 2.08. The minimum atomic E-state index is -0.518. The summed E-state index contributed by atoms with van der Waals surface area (Å²) in [5.74, 6) is -0.345. The lowest BCUT2D eigenvalue weighted by Crippen LogP contribution is -2.57. The Bertz CT molecular complexity index is 779. The van der Waals surface area contributed by atoms with Crippen molar-refractivity contribution < 1.29 is 33.3 Å². The lowest BCUT2D eigenvalue weighted by Gasteiger charge is -2.43. The molecule has 0 aromatic rings. The standard InChI is InChI=1S/C24H38N2O7/c1-14(2)6-7-18-23(3,33-18)20-19(29-5)17(8-10-24(20)13-30-24)32-21(27)16-12-15(9-11-26-16)31-22(28)25-4/h6,15-20,26H,7-13H2,1-5H3,(H,25,28). The second-order valence-electron chi connectivity index (χ2n) is 10.2. The normalized spacial score (nSPS) is 41.7. The van der Waals surface area contributed by atoms with Gasteiger partial charge in [0, 0.05) is 20.6 Å². The van der Waals surface area contributed by atoms with Crippen molar-refractivity contribution in [1.29, 1.82) is 0 Å². The Balaban J connectivity index is 1.42. The van der Waals surface area contributed by atoms with Crippen LogP contribution in [0.2, 0.25) is 0 Å². The molecule has 0 radical (unpaired) electrons. The Labute approximate surface area is 195 Å². The van der Waals surface area contributed by atoms with Crippen molar-refractivity contribution in [1.82, 2.24) is 10.6 Å². The topological polar surface area (TPSA) is 111 Å². The van der Waals surface area contributed by atoms with E-state index in [1.165, 1.54) is 12.6 Å². The van der Waals surface area contributed by atoms with Gasteiger partial charge in [0.05, 0.1) is 18.6 Å². The molecule has 186 valence electrons. The van der Waals surface area contributed by atoms with Crippen LogP contribution < -0.4 is 10.6 Å². The van der Waals surface area contributed by atoms with Crippen LogP contribution >= 0.6 is 0 Å². The minimum Gasteiger partial charge on any atom is -0.458 e. The second-order valence-corrected chi connectivity index (χ2v) is 10.2. The van der Waals surface area contributed by atoms with Crippen LogP contribution in [0, 0.1) is 5.92 Å². The van der Waals surface area contributed by atoms with Crippen LogP contribution in [0.5, 0.6) is 0 Å². The SMILES string of the molecule is CNC(=O)OC1CCNC(C(=O)OC2CCC3(CO3)C(C3(C)OC3CC=C(C)C)C2OC)C1. The number of esters is 1. The highest BCUT2D eigenvalue weighted by Crippen LogP contribution is 2.59. The van der Waals surface area contributed by atoms with Gasteiger partial charge in [0.25, 0.3) is 0 Å². The van der Waals surface area contributed by atoms with E-state index in [1.54, 1.807) is 7.11 Å². The fourth-order valence-electron chi connectivity index (χ4n) is 5.68. The van der Waals surface area contributed by atoms with Crippen molar-refractivity contribution >= 4 is 12.1 Å². The van der Waals surface area contributed by atoms with E-state index in [2.05, 4.69) is 37.5 Å². The molecule has 0 aromatic heterocycles. The van der Waals surface area contributed by atoms with E-state index in [-0.39, 0.29) is 47.5 Å². The number of carbonyl (C=O) groups excluding carboxylic acids is 2. The van der Waals surface area contributed by atoms with Gasteiger partial charge in [-0.3, -0.25) is 4.79 Å². The zero-order valence-corrected chi connectivity index (χ0v) is 20.3.